The van der Waals surface area contributed by atoms with E-state index in [0.29, 0.717) is 5.56 Å². The largest absolute Gasteiger partial charge is 0.368 e. The molecule has 0 aliphatic carbocycles. The molecular formula is C9H11FN2O. The number of rotatable bonds is 3. The number of carbonyl (C=O) groups excluding carboxylic acids is 1. The van der Waals surface area contributed by atoms with E-state index in [1.54, 1.807) is 7.05 Å². The third-order valence-electron chi connectivity index (χ3n) is 1.78. The molecule has 3 nitrogen and oxygen atoms in total. The molecule has 0 radical (unpaired) electrons. The van der Waals surface area contributed by atoms with Crippen molar-refractivity contribution in [2.75, 3.05) is 7.05 Å². The Balaban J connectivity index is 2.92. The molecule has 3 N–H and O–H groups in total. The smallest absolute Gasteiger partial charge is 0.239 e. The Morgan fingerprint density at radius 1 is 1.46 bits per heavy atom. The first-order chi connectivity index (χ1) is 6.15. The van der Waals surface area contributed by atoms with Crippen LogP contribution in [0.1, 0.15) is 11.6 Å². The molecule has 0 aliphatic rings. The number of carbonyl (C=O) groups is 1. The monoisotopic (exact) mass is 182 g/mol. The van der Waals surface area contributed by atoms with Crippen molar-refractivity contribution >= 4 is 5.91 Å². The van der Waals surface area contributed by atoms with E-state index in [4.69, 9.17) is 5.73 Å². The van der Waals surface area contributed by atoms with Gasteiger partial charge in [0.1, 0.15) is 11.9 Å². The summed E-state index contributed by atoms with van der Waals surface area (Å²) in [6, 6.07) is 5.09. The third kappa shape index (κ3) is 2.26. The maximum Gasteiger partial charge on any atom is 0.239 e. The first-order valence-electron chi connectivity index (χ1n) is 3.87. The molecule has 0 saturated heterocycles. The lowest BCUT2D eigenvalue weighted by Crippen LogP contribution is -2.31. The Labute approximate surface area is 75.7 Å². The van der Waals surface area contributed by atoms with Crippen LogP contribution in [0.4, 0.5) is 4.39 Å². The fourth-order valence-electron chi connectivity index (χ4n) is 1.13. The lowest BCUT2D eigenvalue weighted by atomic mass is 10.1. The molecular weight excluding hydrogens is 171 g/mol. The number of nitrogens with one attached hydrogen (secondary N) is 1. The van der Waals surface area contributed by atoms with Crippen molar-refractivity contribution in [2.45, 2.75) is 6.04 Å². The summed E-state index contributed by atoms with van der Waals surface area (Å²) in [5, 5.41) is 2.74. The van der Waals surface area contributed by atoms with Gasteiger partial charge in [0.25, 0.3) is 0 Å². The van der Waals surface area contributed by atoms with Crippen LogP contribution in [0, 0.1) is 5.82 Å². The summed E-state index contributed by atoms with van der Waals surface area (Å²) in [7, 11) is 1.62. The summed E-state index contributed by atoms with van der Waals surface area (Å²) in [6.45, 7) is 0. The number of hydrogen-bond donors (Lipinski definition) is 2. The number of benzene rings is 1. The number of amides is 1. The number of likely N-dealkylation sites (N-methyl/N-ethyl adjacent to an activating group) is 1. The number of nitrogens with two attached hydrogens (primary N) is 1. The van der Waals surface area contributed by atoms with Crippen molar-refractivity contribution in [3.05, 3.63) is 35.6 Å². The van der Waals surface area contributed by atoms with Crippen LogP contribution in [0.25, 0.3) is 0 Å². The SMILES string of the molecule is CN[C@H](C(N)=O)c1ccc(F)cc1. The molecule has 13 heavy (non-hydrogen) atoms. The van der Waals surface area contributed by atoms with E-state index in [1.807, 2.05) is 0 Å². The second-order valence-corrected chi connectivity index (χ2v) is 2.68. The average molecular weight is 182 g/mol. The lowest BCUT2D eigenvalue weighted by molar-refractivity contribution is -0.120. The summed E-state index contributed by atoms with van der Waals surface area (Å²) >= 11 is 0. The van der Waals surface area contributed by atoms with Crippen LogP contribution < -0.4 is 11.1 Å². The predicted octanol–water partition coefficient (Wildman–Crippen LogP) is 0.571. The minimum atomic E-state index is -0.555. The highest BCUT2D eigenvalue weighted by atomic mass is 19.1. The van der Waals surface area contributed by atoms with E-state index in [9.17, 15) is 9.18 Å². The Kier molecular flexibility index (Phi) is 2.97. The number of hydrogen-bond acceptors (Lipinski definition) is 2. The van der Waals surface area contributed by atoms with Crippen molar-refractivity contribution in [1.82, 2.24) is 5.32 Å². The Hall–Kier alpha value is -1.42. The van der Waals surface area contributed by atoms with E-state index in [0.717, 1.165) is 0 Å². The van der Waals surface area contributed by atoms with Crippen LogP contribution in [-0.2, 0) is 4.79 Å². The van der Waals surface area contributed by atoms with E-state index in [2.05, 4.69) is 5.32 Å². The van der Waals surface area contributed by atoms with E-state index in [-0.39, 0.29) is 5.82 Å². The molecule has 1 atom stereocenters. The van der Waals surface area contributed by atoms with Crippen LogP contribution >= 0.6 is 0 Å². The highest BCUT2D eigenvalue weighted by molar-refractivity contribution is 5.81. The maximum absolute atomic E-state index is 12.5. The molecule has 0 unspecified atom stereocenters. The first-order valence-corrected chi connectivity index (χ1v) is 3.87. The van der Waals surface area contributed by atoms with Gasteiger partial charge >= 0.3 is 0 Å². The van der Waals surface area contributed by atoms with Gasteiger partial charge < -0.3 is 11.1 Å². The fraction of sp³-hybridized carbons (Fsp3) is 0.222. The van der Waals surface area contributed by atoms with Gasteiger partial charge in [-0.1, -0.05) is 12.1 Å². The van der Waals surface area contributed by atoms with Crippen molar-refractivity contribution in [1.29, 1.82) is 0 Å². The molecule has 70 valence electrons. The zero-order valence-corrected chi connectivity index (χ0v) is 7.25. The van der Waals surface area contributed by atoms with Crippen LogP contribution in [-0.4, -0.2) is 13.0 Å². The van der Waals surface area contributed by atoms with Crippen LogP contribution in [0.5, 0.6) is 0 Å². The normalized spacial score (nSPS) is 12.5. The summed E-state index contributed by atoms with van der Waals surface area (Å²) < 4.78 is 12.5. The van der Waals surface area contributed by atoms with Crippen molar-refractivity contribution in [2.24, 2.45) is 5.73 Å². The molecule has 1 aromatic carbocycles. The van der Waals surface area contributed by atoms with Gasteiger partial charge in [-0.2, -0.15) is 0 Å². The molecule has 0 fully saturated rings. The quantitative estimate of drug-likeness (QED) is 0.718. The van der Waals surface area contributed by atoms with Gasteiger partial charge in [0.2, 0.25) is 5.91 Å². The number of halogens is 1. The Bertz CT molecular complexity index is 297. The maximum atomic E-state index is 12.5. The Morgan fingerprint density at radius 3 is 2.38 bits per heavy atom. The summed E-state index contributed by atoms with van der Waals surface area (Å²) in [5.41, 5.74) is 5.79. The fourth-order valence-corrected chi connectivity index (χ4v) is 1.13. The van der Waals surface area contributed by atoms with Gasteiger partial charge in [-0.25, -0.2) is 4.39 Å². The highest BCUT2D eigenvalue weighted by Crippen LogP contribution is 2.12. The van der Waals surface area contributed by atoms with Crippen LogP contribution in [0.3, 0.4) is 0 Å². The standard InChI is InChI=1S/C9H11FN2O/c1-12-8(9(11)13)6-2-4-7(10)5-3-6/h2-5,8,12H,1H3,(H2,11,13)/t8-/m0/s1. The van der Waals surface area contributed by atoms with Gasteiger partial charge in [-0.05, 0) is 24.7 Å². The average Bonchev–Trinajstić information content (AvgIpc) is 2.09. The predicted molar refractivity (Wildman–Crippen MR) is 47.4 cm³/mol. The molecule has 0 spiro atoms. The molecule has 0 aromatic heterocycles. The third-order valence-corrected chi connectivity index (χ3v) is 1.78. The van der Waals surface area contributed by atoms with Crippen LogP contribution in [0.15, 0.2) is 24.3 Å². The summed E-state index contributed by atoms with van der Waals surface area (Å²) in [6.07, 6.45) is 0. The second-order valence-electron chi connectivity index (χ2n) is 2.68. The van der Waals surface area contributed by atoms with Crippen LogP contribution in [0.2, 0.25) is 0 Å². The second kappa shape index (κ2) is 4.00. The molecule has 1 aromatic rings. The molecule has 1 rings (SSSR count). The highest BCUT2D eigenvalue weighted by Gasteiger charge is 2.14. The molecule has 0 bridgehead atoms. The molecule has 0 saturated carbocycles. The summed E-state index contributed by atoms with van der Waals surface area (Å²) in [4.78, 5) is 10.9. The molecule has 0 heterocycles. The van der Waals surface area contributed by atoms with E-state index in [1.165, 1.54) is 24.3 Å². The van der Waals surface area contributed by atoms with Gasteiger partial charge in [0.05, 0.1) is 0 Å². The molecule has 4 heteroatoms. The molecule has 0 aliphatic heterocycles. The minimum absolute atomic E-state index is 0.330. The zero-order chi connectivity index (χ0) is 9.84. The lowest BCUT2D eigenvalue weighted by Gasteiger charge is -2.11. The van der Waals surface area contributed by atoms with Gasteiger partial charge in [-0.3, -0.25) is 4.79 Å². The van der Waals surface area contributed by atoms with E-state index >= 15 is 0 Å². The van der Waals surface area contributed by atoms with Gasteiger partial charge in [0, 0.05) is 0 Å². The topological polar surface area (TPSA) is 55.1 Å². The van der Waals surface area contributed by atoms with Crippen molar-refractivity contribution < 1.29 is 9.18 Å². The zero-order valence-electron chi connectivity index (χ0n) is 7.25. The van der Waals surface area contributed by atoms with E-state index < -0.39 is 11.9 Å². The van der Waals surface area contributed by atoms with Gasteiger partial charge in [0.15, 0.2) is 0 Å². The number of primary amides is 1. The molecule has 1 amide bonds. The Morgan fingerprint density at radius 2 is 2.00 bits per heavy atom. The van der Waals surface area contributed by atoms with Gasteiger partial charge in [-0.15, -0.1) is 0 Å². The minimum Gasteiger partial charge on any atom is -0.368 e. The van der Waals surface area contributed by atoms with Crippen molar-refractivity contribution in [3.8, 4) is 0 Å². The summed E-state index contributed by atoms with van der Waals surface area (Å²) in [5.74, 6) is -0.808. The first kappa shape index (κ1) is 9.67. The van der Waals surface area contributed by atoms with Crippen molar-refractivity contribution in [3.63, 3.8) is 0 Å².